The van der Waals surface area contributed by atoms with Crippen LogP contribution in [0.4, 0.5) is 5.69 Å². The summed E-state index contributed by atoms with van der Waals surface area (Å²) in [5.41, 5.74) is 7.19. The van der Waals surface area contributed by atoms with Crippen LogP contribution in [-0.2, 0) is 9.31 Å². The van der Waals surface area contributed by atoms with Gasteiger partial charge in [-0.1, -0.05) is 12.1 Å². The van der Waals surface area contributed by atoms with Gasteiger partial charge in [0.1, 0.15) is 0 Å². The molecule has 0 saturated carbocycles. The lowest BCUT2D eigenvalue weighted by molar-refractivity contribution is 0.0842. The van der Waals surface area contributed by atoms with Crippen LogP contribution < -0.4 is 11.2 Å². The molecular weight excluding hydrogens is 189 g/mol. The van der Waals surface area contributed by atoms with Gasteiger partial charge in [0.25, 0.3) is 0 Å². The Kier molecular flexibility index (Phi) is 2.48. The largest absolute Gasteiger partial charge is 0.494 e. The first-order valence-corrected chi connectivity index (χ1v) is 5.18. The Bertz CT molecular complexity index is 367. The highest BCUT2D eigenvalue weighted by Gasteiger charge is 2.43. The zero-order chi connectivity index (χ0) is 11.1. The van der Waals surface area contributed by atoms with E-state index in [1.165, 1.54) is 0 Å². The molecule has 1 aliphatic rings. The van der Waals surface area contributed by atoms with E-state index < -0.39 is 0 Å². The number of nitrogens with two attached hydrogens (primary N) is 1. The summed E-state index contributed by atoms with van der Waals surface area (Å²) in [6.07, 6.45) is 0.0870. The molecule has 4 heteroatoms. The predicted octanol–water partition coefficient (Wildman–Crippen LogP) is 1.18. The Morgan fingerprint density at radius 3 is 2.67 bits per heavy atom. The molecule has 0 aliphatic carbocycles. The van der Waals surface area contributed by atoms with Gasteiger partial charge in [-0.2, -0.15) is 0 Å². The van der Waals surface area contributed by atoms with Crippen LogP contribution in [0.25, 0.3) is 0 Å². The van der Waals surface area contributed by atoms with Crippen LogP contribution in [0, 0.1) is 0 Å². The number of hydrogen-bond donors (Lipinski definition) is 1. The van der Waals surface area contributed by atoms with E-state index in [9.17, 15) is 0 Å². The van der Waals surface area contributed by atoms with E-state index >= 15 is 0 Å². The standard InChI is InChI=1S/C11H16BNO2/c1-8-11(2,3)15-12(14-8)9-5-4-6-10(13)7-9/h4-8H,13H2,1-3H3. The summed E-state index contributed by atoms with van der Waals surface area (Å²) in [7, 11) is -0.293. The minimum atomic E-state index is -0.293. The summed E-state index contributed by atoms with van der Waals surface area (Å²) < 4.78 is 11.6. The van der Waals surface area contributed by atoms with Crippen molar-refractivity contribution in [2.75, 3.05) is 5.73 Å². The van der Waals surface area contributed by atoms with Gasteiger partial charge in [-0.25, -0.2) is 0 Å². The topological polar surface area (TPSA) is 44.5 Å². The molecule has 0 aromatic heterocycles. The highest BCUT2D eigenvalue weighted by molar-refractivity contribution is 6.62. The van der Waals surface area contributed by atoms with Gasteiger partial charge in [0.2, 0.25) is 0 Å². The molecule has 0 radical (unpaired) electrons. The third-order valence-electron chi connectivity index (χ3n) is 2.90. The van der Waals surface area contributed by atoms with Crippen LogP contribution in [0.3, 0.4) is 0 Å². The normalized spacial score (nSPS) is 24.5. The first kappa shape index (κ1) is 10.5. The minimum Gasteiger partial charge on any atom is -0.402 e. The number of benzene rings is 1. The molecule has 1 unspecified atom stereocenters. The van der Waals surface area contributed by atoms with Gasteiger partial charge in [-0.15, -0.1) is 0 Å². The Morgan fingerprint density at radius 2 is 2.13 bits per heavy atom. The van der Waals surface area contributed by atoms with Gasteiger partial charge in [0.15, 0.2) is 0 Å². The van der Waals surface area contributed by atoms with Crippen molar-refractivity contribution in [2.45, 2.75) is 32.5 Å². The van der Waals surface area contributed by atoms with Crippen LogP contribution in [-0.4, -0.2) is 18.8 Å². The Hall–Kier alpha value is -0.995. The SMILES string of the molecule is CC1OB(c2cccc(N)c2)OC1(C)C. The highest BCUT2D eigenvalue weighted by atomic mass is 16.7. The van der Waals surface area contributed by atoms with Gasteiger partial charge in [-0.05, 0) is 38.4 Å². The van der Waals surface area contributed by atoms with Gasteiger partial charge >= 0.3 is 7.12 Å². The highest BCUT2D eigenvalue weighted by Crippen LogP contribution is 2.26. The van der Waals surface area contributed by atoms with E-state index in [1.54, 1.807) is 0 Å². The molecule has 1 aromatic rings. The maximum atomic E-state index is 5.82. The molecule has 3 nitrogen and oxygen atoms in total. The van der Waals surface area contributed by atoms with Crippen molar-refractivity contribution in [3.8, 4) is 0 Å². The molecule has 2 N–H and O–H groups in total. The van der Waals surface area contributed by atoms with E-state index in [-0.39, 0.29) is 18.8 Å². The second kappa shape index (κ2) is 3.54. The quantitative estimate of drug-likeness (QED) is 0.553. The van der Waals surface area contributed by atoms with E-state index in [0.717, 1.165) is 11.2 Å². The third-order valence-corrected chi connectivity index (χ3v) is 2.90. The molecule has 1 heterocycles. The Morgan fingerprint density at radius 1 is 1.40 bits per heavy atom. The molecule has 1 atom stereocenters. The third kappa shape index (κ3) is 2.01. The first-order valence-electron chi connectivity index (χ1n) is 5.18. The number of rotatable bonds is 1. The molecule has 1 aromatic carbocycles. The summed E-state index contributed by atoms with van der Waals surface area (Å²) in [6, 6.07) is 7.62. The average molecular weight is 205 g/mol. The smallest absolute Gasteiger partial charge is 0.402 e. The molecule has 0 spiro atoms. The fraction of sp³-hybridized carbons (Fsp3) is 0.455. The summed E-state index contributed by atoms with van der Waals surface area (Å²) in [6.45, 7) is 6.08. The second-order valence-corrected chi connectivity index (χ2v) is 4.50. The minimum absolute atomic E-state index is 0.0870. The molecule has 80 valence electrons. The average Bonchev–Trinajstić information content (AvgIpc) is 2.42. The van der Waals surface area contributed by atoms with Crippen LogP contribution in [0.15, 0.2) is 24.3 Å². The molecule has 1 aliphatic heterocycles. The lowest BCUT2D eigenvalue weighted by Gasteiger charge is -2.21. The molecule has 15 heavy (non-hydrogen) atoms. The van der Waals surface area contributed by atoms with Gasteiger partial charge in [0.05, 0.1) is 11.7 Å². The zero-order valence-corrected chi connectivity index (χ0v) is 9.36. The van der Waals surface area contributed by atoms with E-state index in [2.05, 4.69) is 0 Å². The van der Waals surface area contributed by atoms with Crippen molar-refractivity contribution in [2.24, 2.45) is 0 Å². The van der Waals surface area contributed by atoms with E-state index in [4.69, 9.17) is 15.0 Å². The van der Waals surface area contributed by atoms with Crippen molar-refractivity contribution >= 4 is 18.3 Å². The van der Waals surface area contributed by atoms with Crippen molar-refractivity contribution in [1.82, 2.24) is 0 Å². The fourth-order valence-electron chi connectivity index (χ4n) is 1.60. The van der Waals surface area contributed by atoms with Crippen molar-refractivity contribution in [1.29, 1.82) is 0 Å². The molecule has 2 rings (SSSR count). The van der Waals surface area contributed by atoms with Crippen LogP contribution in [0.5, 0.6) is 0 Å². The second-order valence-electron chi connectivity index (χ2n) is 4.50. The van der Waals surface area contributed by atoms with Crippen LogP contribution >= 0.6 is 0 Å². The maximum absolute atomic E-state index is 5.82. The molecular formula is C11H16BNO2. The summed E-state index contributed by atoms with van der Waals surface area (Å²) in [4.78, 5) is 0. The van der Waals surface area contributed by atoms with Gasteiger partial charge in [0, 0.05) is 5.69 Å². The molecule has 1 saturated heterocycles. The number of anilines is 1. The summed E-state index contributed by atoms with van der Waals surface area (Å²) in [5, 5.41) is 0. The van der Waals surface area contributed by atoms with Gasteiger partial charge in [-0.3, -0.25) is 0 Å². The molecule has 0 bridgehead atoms. The predicted molar refractivity (Wildman–Crippen MR) is 62.0 cm³/mol. The Labute approximate surface area is 90.7 Å². The lowest BCUT2D eigenvalue weighted by Crippen LogP contribution is -2.34. The fourth-order valence-corrected chi connectivity index (χ4v) is 1.60. The number of hydrogen-bond acceptors (Lipinski definition) is 3. The van der Waals surface area contributed by atoms with Crippen molar-refractivity contribution in [3.05, 3.63) is 24.3 Å². The summed E-state index contributed by atoms with van der Waals surface area (Å²) >= 11 is 0. The monoisotopic (exact) mass is 205 g/mol. The van der Waals surface area contributed by atoms with E-state index in [1.807, 2.05) is 45.0 Å². The zero-order valence-electron chi connectivity index (χ0n) is 9.36. The van der Waals surface area contributed by atoms with E-state index in [0.29, 0.717) is 0 Å². The number of nitrogen functional groups attached to an aromatic ring is 1. The Balaban J connectivity index is 2.21. The maximum Gasteiger partial charge on any atom is 0.494 e. The molecule has 0 amide bonds. The van der Waals surface area contributed by atoms with Crippen LogP contribution in [0.2, 0.25) is 0 Å². The van der Waals surface area contributed by atoms with Crippen LogP contribution in [0.1, 0.15) is 20.8 Å². The lowest BCUT2D eigenvalue weighted by atomic mass is 9.79. The van der Waals surface area contributed by atoms with Gasteiger partial charge < -0.3 is 15.0 Å². The van der Waals surface area contributed by atoms with Crippen molar-refractivity contribution in [3.63, 3.8) is 0 Å². The summed E-state index contributed by atoms with van der Waals surface area (Å²) in [5.74, 6) is 0. The molecule has 1 fully saturated rings. The van der Waals surface area contributed by atoms with Crippen molar-refractivity contribution < 1.29 is 9.31 Å². The first-order chi connectivity index (χ1) is 6.99.